The first-order valence-electron chi connectivity index (χ1n) is 34.5. The van der Waals surface area contributed by atoms with E-state index < -0.39 is 74.2 Å². The summed E-state index contributed by atoms with van der Waals surface area (Å²) in [6.07, 6.45) is 64.8. The Balaban J connectivity index is 2.22. The minimum Gasteiger partial charge on any atom is -0.394 e. The summed E-state index contributed by atoms with van der Waals surface area (Å²) in [5.41, 5.74) is 0. The quantitative estimate of drug-likeness (QED) is 0.0215. The van der Waals surface area contributed by atoms with Gasteiger partial charge in [-0.05, 0) is 83.5 Å². The standard InChI is InChI=1S/C70H131NO10/c1-3-5-7-9-11-13-15-17-19-21-23-25-27-28-29-30-31-32-33-34-35-36-38-40-42-44-46-48-50-52-54-56-58-63(74)69(79)71-61(60-80-70-68(78)67(77)66(76)64(59-72)81-70)65(75)62(73)57-55-53-51-49-47-45-43-41-39-37-26-24-22-20-18-16-14-12-10-8-6-4-2/h23,25,28-29,41,43,49,51,61-68,70,72-78H,3-22,24,26-27,30-40,42,44-48,50,52-60H2,1-2H3,(H,71,79)/b25-23-,29-28-,43-41+,51-49+. The maximum absolute atomic E-state index is 13.2. The van der Waals surface area contributed by atoms with Crippen LogP contribution in [0.25, 0.3) is 0 Å². The van der Waals surface area contributed by atoms with Crippen molar-refractivity contribution >= 4 is 5.91 Å². The van der Waals surface area contributed by atoms with Crippen LogP contribution in [0.2, 0.25) is 0 Å². The summed E-state index contributed by atoms with van der Waals surface area (Å²) < 4.78 is 11.2. The maximum atomic E-state index is 13.2. The lowest BCUT2D eigenvalue weighted by Gasteiger charge is -2.40. The number of hydrogen-bond donors (Lipinski definition) is 8. The highest BCUT2D eigenvalue weighted by atomic mass is 16.7. The molecule has 11 heteroatoms. The average molecular weight is 1150 g/mol. The molecular formula is C70H131NO10. The Morgan fingerprint density at radius 1 is 0.432 bits per heavy atom. The van der Waals surface area contributed by atoms with Gasteiger partial charge in [-0.25, -0.2) is 0 Å². The van der Waals surface area contributed by atoms with Gasteiger partial charge in [-0.3, -0.25) is 4.79 Å². The molecule has 1 rings (SSSR count). The van der Waals surface area contributed by atoms with Gasteiger partial charge >= 0.3 is 0 Å². The van der Waals surface area contributed by atoms with Gasteiger partial charge in [0, 0.05) is 0 Å². The van der Waals surface area contributed by atoms with E-state index in [9.17, 15) is 40.5 Å². The van der Waals surface area contributed by atoms with E-state index in [2.05, 4.69) is 67.8 Å². The highest BCUT2D eigenvalue weighted by Gasteiger charge is 2.44. The predicted molar refractivity (Wildman–Crippen MR) is 339 cm³/mol. The molecule has 1 aliphatic heterocycles. The van der Waals surface area contributed by atoms with E-state index in [-0.39, 0.29) is 12.8 Å². The van der Waals surface area contributed by atoms with Crippen LogP contribution in [0.4, 0.5) is 0 Å². The van der Waals surface area contributed by atoms with Gasteiger partial charge in [0.1, 0.15) is 36.6 Å². The summed E-state index contributed by atoms with van der Waals surface area (Å²) in [4.78, 5) is 13.2. The topological polar surface area (TPSA) is 189 Å². The van der Waals surface area contributed by atoms with Gasteiger partial charge in [-0.2, -0.15) is 0 Å². The number of hydrogen-bond acceptors (Lipinski definition) is 10. The molecule has 0 bridgehead atoms. The normalized spacial score (nSPS) is 19.4. The van der Waals surface area contributed by atoms with Crippen molar-refractivity contribution in [1.82, 2.24) is 5.32 Å². The molecule has 0 radical (unpaired) electrons. The maximum Gasteiger partial charge on any atom is 0.249 e. The Hall–Kier alpha value is -1.93. The second-order valence-electron chi connectivity index (χ2n) is 24.2. The van der Waals surface area contributed by atoms with Crippen LogP contribution in [0.5, 0.6) is 0 Å². The summed E-state index contributed by atoms with van der Waals surface area (Å²) in [6.45, 7) is 3.48. The van der Waals surface area contributed by atoms with E-state index in [0.717, 1.165) is 44.9 Å². The van der Waals surface area contributed by atoms with Gasteiger partial charge in [-0.15, -0.1) is 0 Å². The summed E-state index contributed by atoms with van der Waals surface area (Å²) in [5, 5.41) is 76.4. The van der Waals surface area contributed by atoms with Gasteiger partial charge in [0.05, 0.1) is 25.4 Å². The zero-order valence-corrected chi connectivity index (χ0v) is 52.5. The van der Waals surface area contributed by atoms with Crippen molar-refractivity contribution in [2.24, 2.45) is 0 Å². The second kappa shape index (κ2) is 58.5. The number of ether oxygens (including phenoxy) is 2. The van der Waals surface area contributed by atoms with Crippen LogP contribution in [0.3, 0.4) is 0 Å². The molecule has 1 heterocycles. The molecule has 0 spiro atoms. The van der Waals surface area contributed by atoms with Crippen molar-refractivity contribution in [2.75, 3.05) is 13.2 Å². The van der Waals surface area contributed by atoms with Gasteiger partial charge in [0.15, 0.2) is 6.29 Å². The largest absolute Gasteiger partial charge is 0.394 e. The number of allylic oxidation sites excluding steroid dienone is 8. The molecule has 0 aromatic rings. The van der Waals surface area contributed by atoms with Crippen LogP contribution in [-0.4, -0.2) is 110 Å². The predicted octanol–water partition coefficient (Wildman–Crippen LogP) is 16.4. The molecular weight excluding hydrogens is 1010 g/mol. The monoisotopic (exact) mass is 1150 g/mol. The zero-order chi connectivity index (χ0) is 58.9. The molecule has 0 aromatic carbocycles. The van der Waals surface area contributed by atoms with E-state index in [1.54, 1.807) is 0 Å². The molecule has 1 fully saturated rings. The van der Waals surface area contributed by atoms with Crippen LogP contribution in [0, 0.1) is 0 Å². The molecule has 11 nitrogen and oxygen atoms in total. The van der Waals surface area contributed by atoms with Crippen molar-refractivity contribution in [3.8, 4) is 0 Å². The Morgan fingerprint density at radius 3 is 1.17 bits per heavy atom. The van der Waals surface area contributed by atoms with Crippen LogP contribution < -0.4 is 5.32 Å². The third-order valence-electron chi connectivity index (χ3n) is 16.6. The van der Waals surface area contributed by atoms with E-state index in [1.807, 2.05) is 0 Å². The van der Waals surface area contributed by atoms with Crippen LogP contribution in [0.15, 0.2) is 48.6 Å². The Morgan fingerprint density at radius 2 is 0.778 bits per heavy atom. The van der Waals surface area contributed by atoms with Crippen molar-refractivity contribution in [3.63, 3.8) is 0 Å². The second-order valence-corrected chi connectivity index (χ2v) is 24.2. The van der Waals surface area contributed by atoms with E-state index in [0.29, 0.717) is 19.3 Å². The summed E-state index contributed by atoms with van der Waals surface area (Å²) in [7, 11) is 0. The van der Waals surface area contributed by atoms with E-state index in [1.165, 1.54) is 231 Å². The summed E-state index contributed by atoms with van der Waals surface area (Å²) in [5.74, 6) is -0.707. The number of rotatable bonds is 60. The fraction of sp³-hybridized carbons (Fsp3) is 0.871. The Kier molecular flexibility index (Phi) is 55.6. The molecule has 0 aliphatic carbocycles. The molecule has 9 atom stereocenters. The van der Waals surface area contributed by atoms with Gasteiger partial charge < -0.3 is 50.5 Å². The number of aliphatic hydroxyl groups is 7. The third-order valence-corrected chi connectivity index (χ3v) is 16.6. The fourth-order valence-corrected chi connectivity index (χ4v) is 11.0. The number of carbonyl (C=O) groups is 1. The van der Waals surface area contributed by atoms with E-state index >= 15 is 0 Å². The van der Waals surface area contributed by atoms with Gasteiger partial charge in [0.2, 0.25) is 5.91 Å². The number of amides is 1. The van der Waals surface area contributed by atoms with Crippen LogP contribution >= 0.6 is 0 Å². The Bertz CT molecular complexity index is 1460. The zero-order valence-electron chi connectivity index (χ0n) is 52.5. The molecule has 0 aromatic heterocycles. The van der Waals surface area contributed by atoms with Crippen molar-refractivity contribution < 1.29 is 50.0 Å². The molecule has 0 saturated carbocycles. The minimum atomic E-state index is -1.67. The molecule has 8 N–H and O–H groups in total. The minimum absolute atomic E-state index is 0.247. The van der Waals surface area contributed by atoms with Crippen LogP contribution in [0.1, 0.15) is 322 Å². The Labute approximate surface area is 498 Å². The first-order valence-corrected chi connectivity index (χ1v) is 34.5. The molecule has 9 unspecified atom stereocenters. The molecule has 1 aliphatic rings. The van der Waals surface area contributed by atoms with Crippen molar-refractivity contribution in [1.29, 1.82) is 0 Å². The number of nitrogens with one attached hydrogen (secondary N) is 1. The lowest BCUT2D eigenvalue weighted by atomic mass is 9.98. The van der Waals surface area contributed by atoms with E-state index in [4.69, 9.17) is 9.47 Å². The molecule has 1 amide bonds. The van der Waals surface area contributed by atoms with Gasteiger partial charge in [0.25, 0.3) is 0 Å². The SMILES string of the molecule is CCCCCCCCCCC/C=C\C/C=C\CCCCCCCCCCCCCCCCCCC(O)C(=O)NC(COC1OC(CO)C(O)C(O)C1O)C(O)C(O)CCC/C=C/CC/C=C/CCCCCCCCCCCCCCC. The lowest BCUT2D eigenvalue weighted by Crippen LogP contribution is -2.60. The fourth-order valence-electron chi connectivity index (χ4n) is 11.0. The number of aliphatic hydroxyl groups excluding tert-OH is 7. The molecule has 476 valence electrons. The average Bonchev–Trinajstić information content (AvgIpc) is 3.51. The highest BCUT2D eigenvalue weighted by Crippen LogP contribution is 2.24. The molecule has 1 saturated heterocycles. The third kappa shape index (κ3) is 46.0. The highest BCUT2D eigenvalue weighted by molar-refractivity contribution is 5.80. The number of carbonyl (C=O) groups excluding carboxylic acids is 1. The first-order chi connectivity index (χ1) is 39.7. The smallest absolute Gasteiger partial charge is 0.249 e. The van der Waals surface area contributed by atoms with Crippen molar-refractivity contribution in [3.05, 3.63) is 48.6 Å². The first kappa shape index (κ1) is 77.1. The number of unbranched alkanes of at least 4 members (excludes halogenated alkanes) is 40. The lowest BCUT2D eigenvalue weighted by molar-refractivity contribution is -0.303. The molecule has 81 heavy (non-hydrogen) atoms. The van der Waals surface area contributed by atoms with Gasteiger partial charge in [-0.1, -0.05) is 287 Å². The summed E-state index contributed by atoms with van der Waals surface area (Å²) in [6, 6.07) is -1.19. The summed E-state index contributed by atoms with van der Waals surface area (Å²) >= 11 is 0. The van der Waals surface area contributed by atoms with Crippen molar-refractivity contribution in [2.45, 2.75) is 377 Å². The van der Waals surface area contributed by atoms with Crippen LogP contribution in [-0.2, 0) is 14.3 Å².